The summed E-state index contributed by atoms with van der Waals surface area (Å²) in [6, 6.07) is 14.8. The lowest BCUT2D eigenvalue weighted by molar-refractivity contribution is -0.118. The number of hydrogen-bond donors (Lipinski definition) is 2. The molecule has 0 aliphatic carbocycles. The van der Waals surface area contributed by atoms with Gasteiger partial charge in [-0.25, -0.2) is 4.39 Å². The molecule has 0 saturated heterocycles. The van der Waals surface area contributed by atoms with Gasteiger partial charge in [0.2, 0.25) is 5.91 Å². The highest BCUT2D eigenvalue weighted by Crippen LogP contribution is 2.40. The Balaban J connectivity index is 1.26. The molecule has 0 bridgehead atoms. The lowest BCUT2D eigenvalue weighted by Gasteiger charge is -2.23. The van der Waals surface area contributed by atoms with Crippen molar-refractivity contribution in [1.82, 2.24) is 15.1 Å². The smallest absolute Gasteiger partial charge is 0.283 e. The Bertz CT molecular complexity index is 1860. The van der Waals surface area contributed by atoms with Crippen LogP contribution in [0.25, 0.3) is 11.1 Å². The van der Waals surface area contributed by atoms with E-state index < -0.39 is 27.7 Å². The summed E-state index contributed by atoms with van der Waals surface area (Å²) in [5.41, 5.74) is 3.10. The lowest BCUT2D eigenvalue weighted by Crippen LogP contribution is -2.31. The maximum Gasteiger partial charge on any atom is 0.283 e. The molecule has 1 aliphatic heterocycles. The van der Waals surface area contributed by atoms with Gasteiger partial charge in [0.15, 0.2) is 5.75 Å². The summed E-state index contributed by atoms with van der Waals surface area (Å²) in [7, 11) is -4.41. The molecule has 14 heteroatoms. The number of amides is 2. The molecular weight excluding hydrogens is 639 g/mol. The van der Waals surface area contributed by atoms with Gasteiger partial charge in [0, 0.05) is 52.0 Å². The molecule has 242 valence electrons. The van der Waals surface area contributed by atoms with Crippen LogP contribution in [0.3, 0.4) is 0 Å². The van der Waals surface area contributed by atoms with Gasteiger partial charge in [-0.05, 0) is 50.1 Å². The van der Waals surface area contributed by atoms with Crippen molar-refractivity contribution in [3.05, 3.63) is 94.5 Å². The third-order valence-corrected chi connectivity index (χ3v) is 8.29. The molecule has 2 N–H and O–H groups in total. The van der Waals surface area contributed by atoms with Gasteiger partial charge in [0.1, 0.15) is 17.4 Å². The number of ether oxygens (including phenoxy) is 2. The van der Waals surface area contributed by atoms with Crippen LogP contribution in [0.15, 0.2) is 67.0 Å². The molecule has 11 nitrogen and oxygen atoms in total. The van der Waals surface area contributed by atoms with Crippen molar-refractivity contribution in [2.24, 2.45) is 0 Å². The summed E-state index contributed by atoms with van der Waals surface area (Å²) < 4.78 is 58.9. The van der Waals surface area contributed by atoms with E-state index in [2.05, 4.69) is 5.10 Å². The summed E-state index contributed by atoms with van der Waals surface area (Å²) in [5, 5.41) is 7.01. The van der Waals surface area contributed by atoms with Crippen LogP contribution >= 0.6 is 11.6 Å². The molecule has 1 aliphatic rings. The third-order valence-electron chi connectivity index (χ3n) is 7.38. The number of carbonyl (C=O) groups is 2. The van der Waals surface area contributed by atoms with Gasteiger partial charge in [-0.1, -0.05) is 35.9 Å². The standard InChI is InChI=1S/C32H32ClFN4O7S/c1-21-26(33)7-3-9-29(21)44-14-4-10-30(39)38-13-5-15-45-31-25(6-2-8-28(31)38)24-17-36-37(19-24)18-23-12-11-22(16-27(23)34)32(40)35-20-46(41,42)43/h2-3,6-9,11-12,16-17,19H,4-5,10,13-15,18,20H2,1H3,(H,35,40)(H,41,42,43). The van der Waals surface area contributed by atoms with Crippen LogP contribution in [0.4, 0.5) is 10.1 Å². The largest absolute Gasteiger partial charge is 0.493 e. The molecule has 0 atom stereocenters. The van der Waals surface area contributed by atoms with Crippen molar-refractivity contribution in [1.29, 1.82) is 0 Å². The van der Waals surface area contributed by atoms with Gasteiger partial charge in [-0.15, -0.1) is 0 Å². The Morgan fingerprint density at radius 2 is 1.98 bits per heavy atom. The summed E-state index contributed by atoms with van der Waals surface area (Å²) in [6.45, 7) is 3.24. The average molecular weight is 671 g/mol. The SMILES string of the molecule is Cc1c(Cl)cccc1OCCCC(=O)N1CCCOc2c(-c3cnn(Cc4ccc(C(=O)NCS(=O)(=O)O)cc4F)c3)cccc21. The second kappa shape index (κ2) is 14.3. The van der Waals surface area contributed by atoms with Crippen LogP contribution in [-0.4, -0.2) is 60.2 Å². The van der Waals surface area contributed by atoms with E-state index in [1.54, 1.807) is 23.4 Å². The molecule has 0 saturated carbocycles. The van der Waals surface area contributed by atoms with Gasteiger partial charge in [-0.2, -0.15) is 13.5 Å². The minimum atomic E-state index is -4.41. The number of fused-ring (bicyclic) bond motifs is 1. The number of rotatable bonds is 11. The lowest BCUT2D eigenvalue weighted by atomic mass is 10.1. The van der Waals surface area contributed by atoms with Crippen LogP contribution < -0.4 is 19.7 Å². The van der Waals surface area contributed by atoms with Gasteiger partial charge < -0.3 is 19.7 Å². The highest BCUT2D eigenvalue weighted by atomic mass is 35.5. The Labute approximate surface area is 270 Å². The fourth-order valence-corrected chi connectivity index (χ4v) is 5.50. The summed E-state index contributed by atoms with van der Waals surface area (Å²) >= 11 is 6.17. The Hall–Kier alpha value is -4.46. The zero-order valence-corrected chi connectivity index (χ0v) is 26.5. The molecule has 4 aromatic rings. The number of nitrogens with one attached hydrogen (secondary N) is 1. The minimum absolute atomic E-state index is 0.0448. The second-order valence-corrected chi connectivity index (χ2v) is 12.5. The first-order valence-corrected chi connectivity index (χ1v) is 16.5. The molecule has 0 spiro atoms. The van der Waals surface area contributed by atoms with Crippen molar-refractivity contribution in [3.63, 3.8) is 0 Å². The van der Waals surface area contributed by atoms with E-state index in [1.165, 1.54) is 16.8 Å². The van der Waals surface area contributed by atoms with Crippen LogP contribution in [0.2, 0.25) is 5.02 Å². The van der Waals surface area contributed by atoms with Crippen LogP contribution in [0, 0.1) is 12.7 Å². The van der Waals surface area contributed by atoms with E-state index in [1.807, 2.05) is 42.6 Å². The highest BCUT2D eigenvalue weighted by Gasteiger charge is 2.25. The minimum Gasteiger partial charge on any atom is -0.493 e. The molecule has 1 aromatic heterocycles. The van der Waals surface area contributed by atoms with Gasteiger partial charge in [0.05, 0.1) is 31.6 Å². The van der Waals surface area contributed by atoms with Gasteiger partial charge >= 0.3 is 0 Å². The molecule has 5 rings (SSSR count). The quantitative estimate of drug-likeness (QED) is 0.163. The summed E-state index contributed by atoms with van der Waals surface area (Å²) in [6.07, 6.45) is 4.82. The fourth-order valence-electron chi connectivity index (χ4n) is 5.02. The molecule has 0 radical (unpaired) electrons. The van der Waals surface area contributed by atoms with Crippen molar-refractivity contribution in [2.75, 3.05) is 30.5 Å². The maximum absolute atomic E-state index is 14.9. The van der Waals surface area contributed by atoms with Crippen molar-refractivity contribution < 1.29 is 36.4 Å². The van der Waals surface area contributed by atoms with Gasteiger partial charge in [0.25, 0.3) is 16.0 Å². The second-order valence-electron chi connectivity index (χ2n) is 10.7. The number of para-hydroxylation sites is 1. The number of halogens is 2. The number of carbonyl (C=O) groups excluding carboxylic acids is 2. The number of hydrogen-bond acceptors (Lipinski definition) is 7. The number of nitrogens with zero attached hydrogens (tertiary/aromatic N) is 3. The predicted molar refractivity (Wildman–Crippen MR) is 170 cm³/mol. The van der Waals surface area contributed by atoms with E-state index in [0.717, 1.165) is 17.2 Å². The zero-order chi connectivity index (χ0) is 32.8. The monoisotopic (exact) mass is 670 g/mol. The Kier molecular flexibility index (Phi) is 10.2. The number of aromatic nitrogens is 2. The van der Waals surface area contributed by atoms with E-state index in [4.69, 9.17) is 25.6 Å². The molecule has 46 heavy (non-hydrogen) atoms. The first-order valence-electron chi connectivity index (χ1n) is 14.5. The predicted octanol–water partition coefficient (Wildman–Crippen LogP) is 5.25. The highest BCUT2D eigenvalue weighted by molar-refractivity contribution is 7.85. The Morgan fingerprint density at radius 3 is 2.76 bits per heavy atom. The van der Waals surface area contributed by atoms with Crippen LogP contribution in [0.5, 0.6) is 11.5 Å². The zero-order valence-electron chi connectivity index (χ0n) is 24.9. The molecule has 0 fully saturated rings. The number of anilines is 1. The molecule has 2 heterocycles. The molecule has 3 aromatic carbocycles. The van der Waals surface area contributed by atoms with Crippen molar-refractivity contribution in [3.8, 4) is 22.6 Å². The van der Waals surface area contributed by atoms with Crippen molar-refractivity contribution in [2.45, 2.75) is 32.7 Å². The topological polar surface area (TPSA) is 140 Å². The molecule has 2 amide bonds. The first-order chi connectivity index (χ1) is 22.0. The molecule has 0 unspecified atom stereocenters. The van der Waals surface area contributed by atoms with Gasteiger partial charge in [-0.3, -0.25) is 18.8 Å². The van der Waals surface area contributed by atoms with E-state index in [-0.39, 0.29) is 30.0 Å². The van der Waals surface area contributed by atoms with Crippen LogP contribution in [-0.2, 0) is 21.5 Å². The fraction of sp³-hybridized carbons (Fsp3) is 0.281. The average Bonchev–Trinajstić information content (AvgIpc) is 3.37. The Morgan fingerprint density at radius 1 is 1.17 bits per heavy atom. The summed E-state index contributed by atoms with van der Waals surface area (Å²) in [5.74, 6) is -1.30. The first kappa shape index (κ1) is 32.9. The third kappa shape index (κ3) is 8.03. The molecular formula is C32H32ClFN4O7S. The summed E-state index contributed by atoms with van der Waals surface area (Å²) in [4.78, 5) is 27.2. The van der Waals surface area contributed by atoms with Crippen LogP contribution in [0.1, 0.15) is 40.7 Å². The van der Waals surface area contributed by atoms with Crippen molar-refractivity contribution >= 4 is 39.2 Å². The number of benzene rings is 3. The van der Waals surface area contributed by atoms with E-state index in [0.29, 0.717) is 60.4 Å². The maximum atomic E-state index is 14.9. The van der Waals surface area contributed by atoms with E-state index >= 15 is 0 Å². The normalized spacial score (nSPS) is 13.0. The van der Waals surface area contributed by atoms with E-state index in [9.17, 15) is 22.4 Å².